The van der Waals surface area contributed by atoms with Gasteiger partial charge < -0.3 is 10.4 Å². The number of aliphatic hydroxyl groups is 1. The second-order valence-electron chi connectivity index (χ2n) is 4.56. The summed E-state index contributed by atoms with van der Waals surface area (Å²) in [6.07, 6.45) is 1.49. The average molecular weight is 292 g/mol. The van der Waals surface area contributed by atoms with E-state index in [9.17, 15) is 5.11 Å². The Morgan fingerprint density at radius 3 is 2.73 bits per heavy atom. The monoisotopic (exact) mass is 292 g/mol. The molecular weight excluding hydrogens is 280 g/mol. The number of fused-ring (bicyclic) bond motifs is 1. The summed E-state index contributed by atoms with van der Waals surface area (Å²) in [4.78, 5) is 0. The predicted molar refractivity (Wildman–Crippen MR) is 81.3 cm³/mol. The first kappa shape index (κ1) is 13.7. The Bertz CT molecular complexity index is 863. The van der Waals surface area contributed by atoms with Crippen molar-refractivity contribution in [3.05, 3.63) is 54.0 Å². The van der Waals surface area contributed by atoms with Crippen molar-refractivity contribution in [3.8, 4) is 6.07 Å². The standard InChI is InChI=1S/C15H12N6O/c16-7-13(15-18-20-21-19-15)8-17-14-6-11-4-2-1-3-10(11)5-12(14)9-22/h1-6,8,17,22H,9H2,(H,18,19,20,21). The summed E-state index contributed by atoms with van der Waals surface area (Å²) in [6, 6.07) is 13.7. The van der Waals surface area contributed by atoms with Crippen LogP contribution in [0.25, 0.3) is 16.3 Å². The Morgan fingerprint density at radius 2 is 2.09 bits per heavy atom. The first-order chi connectivity index (χ1) is 10.8. The fraction of sp³-hybridized carbons (Fsp3) is 0.0667. The number of aromatic amines is 1. The molecule has 1 heterocycles. The molecule has 0 fully saturated rings. The fourth-order valence-electron chi connectivity index (χ4n) is 2.13. The molecule has 0 saturated heterocycles. The Morgan fingerprint density at radius 1 is 1.32 bits per heavy atom. The van der Waals surface area contributed by atoms with Gasteiger partial charge in [0, 0.05) is 17.5 Å². The largest absolute Gasteiger partial charge is 0.392 e. The topological polar surface area (TPSA) is 111 Å². The summed E-state index contributed by atoms with van der Waals surface area (Å²) < 4.78 is 0. The van der Waals surface area contributed by atoms with Crippen LogP contribution in [0.5, 0.6) is 0 Å². The normalized spacial score (nSPS) is 11.4. The zero-order chi connectivity index (χ0) is 15.4. The van der Waals surface area contributed by atoms with Gasteiger partial charge in [-0.3, -0.25) is 0 Å². The van der Waals surface area contributed by atoms with Gasteiger partial charge in [-0.05, 0) is 28.1 Å². The average Bonchev–Trinajstić information content (AvgIpc) is 3.09. The number of nitrogens with one attached hydrogen (secondary N) is 2. The van der Waals surface area contributed by atoms with Crippen LogP contribution in [0.15, 0.2) is 42.6 Å². The molecule has 2 aromatic carbocycles. The van der Waals surface area contributed by atoms with E-state index in [1.54, 1.807) is 0 Å². The molecule has 3 N–H and O–H groups in total. The maximum atomic E-state index is 9.52. The summed E-state index contributed by atoms with van der Waals surface area (Å²) in [5.41, 5.74) is 1.70. The molecule has 0 saturated carbocycles. The van der Waals surface area contributed by atoms with E-state index >= 15 is 0 Å². The second kappa shape index (κ2) is 6.03. The van der Waals surface area contributed by atoms with Gasteiger partial charge in [0.1, 0.15) is 11.6 Å². The van der Waals surface area contributed by atoms with Gasteiger partial charge in [0.15, 0.2) is 0 Å². The molecule has 0 spiro atoms. The van der Waals surface area contributed by atoms with Crippen LogP contribution < -0.4 is 5.32 Å². The highest BCUT2D eigenvalue weighted by Crippen LogP contribution is 2.24. The Labute approximate surface area is 125 Å². The van der Waals surface area contributed by atoms with Gasteiger partial charge in [-0.15, -0.1) is 10.2 Å². The fourth-order valence-corrected chi connectivity index (χ4v) is 2.13. The predicted octanol–water partition coefficient (Wildman–Crippen LogP) is 1.82. The van der Waals surface area contributed by atoms with E-state index in [1.165, 1.54) is 6.20 Å². The van der Waals surface area contributed by atoms with E-state index in [0.717, 1.165) is 22.0 Å². The zero-order valence-electron chi connectivity index (χ0n) is 11.5. The third kappa shape index (κ3) is 2.63. The summed E-state index contributed by atoms with van der Waals surface area (Å²) in [5, 5.41) is 37.0. The van der Waals surface area contributed by atoms with Crippen LogP contribution in [0.3, 0.4) is 0 Å². The molecule has 1 aromatic heterocycles. The highest BCUT2D eigenvalue weighted by atomic mass is 16.3. The number of anilines is 1. The molecule has 3 rings (SSSR count). The molecule has 0 aliphatic carbocycles. The molecule has 7 heteroatoms. The molecule has 0 aliphatic heterocycles. The van der Waals surface area contributed by atoms with Crippen molar-refractivity contribution in [2.75, 3.05) is 5.32 Å². The van der Waals surface area contributed by atoms with Gasteiger partial charge in [0.05, 0.1) is 6.61 Å². The lowest BCUT2D eigenvalue weighted by Gasteiger charge is -2.09. The van der Waals surface area contributed by atoms with Crippen molar-refractivity contribution in [2.45, 2.75) is 6.61 Å². The first-order valence-electron chi connectivity index (χ1n) is 6.55. The van der Waals surface area contributed by atoms with Crippen molar-refractivity contribution in [1.82, 2.24) is 20.6 Å². The van der Waals surface area contributed by atoms with Crippen molar-refractivity contribution in [1.29, 1.82) is 5.26 Å². The van der Waals surface area contributed by atoms with Gasteiger partial charge in [-0.1, -0.05) is 24.3 Å². The molecular formula is C15H12N6O. The molecule has 0 unspecified atom stereocenters. The molecule has 22 heavy (non-hydrogen) atoms. The maximum absolute atomic E-state index is 9.52. The maximum Gasteiger partial charge on any atom is 0.216 e. The summed E-state index contributed by atoms with van der Waals surface area (Å²) in [6.45, 7) is -0.106. The second-order valence-corrected chi connectivity index (χ2v) is 4.56. The Balaban J connectivity index is 1.98. The van der Waals surface area contributed by atoms with E-state index in [-0.39, 0.29) is 18.0 Å². The lowest BCUT2D eigenvalue weighted by atomic mass is 10.1. The van der Waals surface area contributed by atoms with Crippen LogP contribution in [-0.2, 0) is 6.61 Å². The van der Waals surface area contributed by atoms with E-state index in [2.05, 4.69) is 25.9 Å². The lowest BCUT2D eigenvalue weighted by Crippen LogP contribution is -1.97. The van der Waals surface area contributed by atoms with Gasteiger partial charge >= 0.3 is 0 Å². The van der Waals surface area contributed by atoms with Crippen LogP contribution in [0.2, 0.25) is 0 Å². The third-order valence-electron chi connectivity index (χ3n) is 3.22. The lowest BCUT2D eigenvalue weighted by molar-refractivity contribution is 0.282. The molecule has 0 amide bonds. The number of rotatable bonds is 4. The van der Waals surface area contributed by atoms with E-state index in [1.807, 2.05) is 42.5 Å². The zero-order valence-corrected chi connectivity index (χ0v) is 11.5. The number of aliphatic hydroxyl groups excluding tert-OH is 1. The van der Waals surface area contributed by atoms with Crippen LogP contribution in [0, 0.1) is 11.3 Å². The minimum atomic E-state index is -0.106. The molecule has 0 aliphatic rings. The highest BCUT2D eigenvalue weighted by molar-refractivity contribution is 5.88. The quantitative estimate of drug-likeness (QED) is 0.633. The number of aromatic nitrogens is 4. The molecule has 7 nitrogen and oxygen atoms in total. The number of tetrazole rings is 1. The summed E-state index contributed by atoms with van der Waals surface area (Å²) in [5.74, 6) is 0.210. The van der Waals surface area contributed by atoms with Crippen LogP contribution in [0.4, 0.5) is 5.69 Å². The van der Waals surface area contributed by atoms with Crippen molar-refractivity contribution >= 4 is 22.0 Å². The smallest absolute Gasteiger partial charge is 0.216 e. The highest BCUT2D eigenvalue weighted by Gasteiger charge is 2.07. The van der Waals surface area contributed by atoms with Gasteiger partial charge in [-0.25, -0.2) is 0 Å². The van der Waals surface area contributed by atoms with E-state index < -0.39 is 0 Å². The van der Waals surface area contributed by atoms with Crippen LogP contribution in [0.1, 0.15) is 11.4 Å². The molecule has 0 atom stereocenters. The first-order valence-corrected chi connectivity index (χ1v) is 6.55. The van der Waals surface area contributed by atoms with Crippen molar-refractivity contribution < 1.29 is 5.11 Å². The Kier molecular flexibility index (Phi) is 3.76. The number of allylic oxidation sites excluding steroid dienone is 1. The molecule has 108 valence electrons. The number of hydrogen-bond acceptors (Lipinski definition) is 6. The van der Waals surface area contributed by atoms with Gasteiger partial charge in [-0.2, -0.15) is 10.5 Å². The minimum Gasteiger partial charge on any atom is -0.392 e. The van der Waals surface area contributed by atoms with Crippen LogP contribution >= 0.6 is 0 Å². The third-order valence-corrected chi connectivity index (χ3v) is 3.22. The minimum absolute atomic E-state index is 0.106. The summed E-state index contributed by atoms with van der Waals surface area (Å²) >= 11 is 0. The van der Waals surface area contributed by atoms with Gasteiger partial charge in [0.25, 0.3) is 0 Å². The molecule has 0 bridgehead atoms. The Hall–Kier alpha value is -3.24. The van der Waals surface area contributed by atoms with Crippen molar-refractivity contribution in [2.24, 2.45) is 0 Å². The molecule has 3 aromatic rings. The van der Waals surface area contributed by atoms with Crippen molar-refractivity contribution in [3.63, 3.8) is 0 Å². The number of nitriles is 1. The number of H-pyrrole nitrogens is 1. The number of hydrogen-bond donors (Lipinski definition) is 3. The van der Waals surface area contributed by atoms with E-state index in [4.69, 9.17) is 5.26 Å². The van der Waals surface area contributed by atoms with Crippen LogP contribution in [-0.4, -0.2) is 25.7 Å². The SMILES string of the molecule is N#CC(=CNc1cc2ccccc2cc1CO)c1nn[nH]n1. The van der Waals surface area contributed by atoms with E-state index in [0.29, 0.717) is 0 Å². The molecule has 0 radical (unpaired) electrons. The summed E-state index contributed by atoms with van der Waals surface area (Å²) in [7, 11) is 0. The van der Waals surface area contributed by atoms with Gasteiger partial charge in [0.2, 0.25) is 5.82 Å². The number of nitrogens with zero attached hydrogens (tertiary/aromatic N) is 4. The number of benzene rings is 2.